The molecule has 0 bridgehead atoms. The Balaban J connectivity index is 2.04. The minimum Gasteiger partial charge on any atom is -0.494 e. The molecule has 0 fully saturated rings. The smallest absolute Gasteiger partial charge is 0.276 e. The summed E-state index contributed by atoms with van der Waals surface area (Å²) in [6.45, 7) is 2.62. The standard InChI is InChI=1S/C16H17FN2O3S/c1-2-10-22-15-5-3-4-13(11-15)12-18-19-23(20,21)16-8-6-14(17)7-9-16/h3-9,11-12,19H,2,10H2,1H3/b18-12+. The van der Waals surface area contributed by atoms with E-state index >= 15 is 0 Å². The molecule has 7 heteroatoms. The van der Waals surface area contributed by atoms with E-state index in [0.717, 1.165) is 18.6 Å². The van der Waals surface area contributed by atoms with Crippen molar-refractivity contribution in [2.45, 2.75) is 18.2 Å². The number of hydrazone groups is 1. The van der Waals surface area contributed by atoms with E-state index < -0.39 is 15.8 Å². The Hall–Kier alpha value is -2.41. The summed E-state index contributed by atoms with van der Waals surface area (Å²) in [6, 6.07) is 11.6. The second-order valence-electron chi connectivity index (χ2n) is 4.73. The average Bonchev–Trinajstić information content (AvgIpc) is 2.53. The van der Waals surface area contributed by atoms with Crippen LogP contribution in [0.4, 0.5) is 4.39 Å². The molecule has 5 nitrogen and oxygen atoms in total. The SMILES string of the molecule is CCCOc1cccc(/C=N/NS(=O)(=O)c2ccc(F)cc2)c1. The Morgan fingerprint density at radius 1 is 1.22 bits per heavy atom. The van der Waals surface area contributed by atoms with Gasteiger partial charge in [-0.15, -0.1) is 0 Å². The molecule has 2 aromatic carbocycles. The first-order valence-corrected chi connectivity index (χ1v) is 8.53. The number of sulfonamides is 1. The number of hydrogen-bond donors (Lipinski definition) is 1. The third-order valence-corrected chi connectivity index (χ3v) is 4.08. The first-order valence-electron chi connectivity index (χ1n) is 7.04. The van der Waals surface area contributed by atoms with E-state index in [1.54, 1.807) is 18.2 Å². The lowest BCUT2D eigenvalue weighted by molar-refractivity contribution is 0.317. The van der Waals surface area contributed by atoms with Crippen molar-refractivity contribution in [1.82, 2.24) is 4.83 Å². The molecule has 0 aliphatic heterocycles. The molecule has 23 heavy (non-hydrogen) atoms. The van der Waals surface area contributed by atoms with Gasteiger partial charge < -0.3 is 4.74 Å². The molecule has 0 radical (unpaired) electrons. The summed E-state index contributed by atoms with van der Waals surface area (Å²) >= 11 is 0. The normalized spacial score (nSPS) is 11.6. The van der Waals surface area contributed by atoms with Crippen LogP contribution in [0.25, 0.3) is 0 Å². The summed E-state index contributed by atoms with van der Waals surface area (Å²) in [7, 11) is -3.82. The van der Waals surface area contributed by atoms with Crippen LogP contribution in [0, 0.1) is 5.82 Å². The highest BCUT2D eigenvalue weighted by Crippen LogP contribution is 2.13. The van der Waals surface area contributed by atoms with E-state index in [0.29, 0.717) is 17.9 Å². The quantitative estimate of drug-likeness (QED) is 0.624. The maximum Gasteiger partial charge on any atom is 0.276 e. The van der Waals surface area contributed by atoms with Gasteiger partial charge >= 0.3 is 0 Å². The molecule has 2 rings (SSSR count). The first-order chi connectivity index (χ1) is 11.0. The van der Waals surface area contributed by atoms with Crippen molar-refractivity contribution >= 4 is 16.2 Å². The Morgan fingerprint density at radius 2 is 1.96 bits per heavy atom. The van der Waals surface area contributed by atoms with Crippen LogP contribution >= 0.6 is 0 Å². The van der Waals surface area contributed by atoms with Gasteiger partial charge in [0.25, 0.3) is 10.0 Å². The summed E-state index contributed by atoms with van der Waals surface area (Å²) in [5.41, 5.74) is 0.695. The third-order valence-electron chi connectivity index (χ3n) is 2.84. The van der Waals surface area contributed by atoms with Crippen LogP contribution in [-0.4, -0.2) is 21.2 Å². The number of benzene rings is 2. The van der Waals surface area contributed by atoms with Crippen LogP contribution in [0.3, 0.4) is 0 Å². The predicted octanol–water partition coefficient (Wildman–Crippen LogP) is 2.93. The van der Waals surface area contributed by atoms with Crippen LogP contribution < -0.4 is 9.57 Å². The molecule has 122 valence electrons. The zero-order valence-electron chi connectivity index (χ0n) is 12.6. The maximum atomic E-state index is 12.8. The van der Waals surface area contributed by atoms with Crippen LogP contribution in [0.15, 0.2) is 58.5 Å². The Morgan fingerprint density at radius 3 is 2.65 bits per heavy atom. The van der Waals surface area contributed by atoms with Crippen LogP contribution in [0.2, 0.25) is 0 Å². The summed E-state index contributed by atoms with van der Waals surface area (Å²) in [4.78, 5) is 2.03. The van der Waals surface area contributed by atoms with Gasteiger partial charge in [0.2, 0.25) is 0 Å². The van der Waals surface area contributed by atoms with Crippen LogP contribution in [-0.2, 0) is 10.0 Å². The van der Waals surface area contributed by atoms with Gasteiger partial charge in [-0.2, -0.15) is 13.5 Å². The lowest BCUT2D eigenvalue weighted by Crippen LogP contribution is -2.18. The predicted molar refractivity (Wildman–Crippen MR) is 86.5 cm³/mol. The average molecular weight is 336 g/mol. The molecule has 0 amide bonds. The Bertz CT molecular complexity index is 774. The second-order valence-corrected chi connectivity index (χ2v) is 6.39. The molecule has 0 aliphatic rings. The largest absolute Gasteiger partial charge is 0.494 e. The number of halogens is 1. The van der Waals surface area contributed by atoms with Crippen LogP contribution in [0.5, 0.6) is 5.75 Å². The molecule has 0 aromatic heterocycles. The van der Waals surface area contributed by atoms with Crippen molar-refractivity contribution < 1.29 is 17.5 Å². The van der Waals surface area contributed by atoms with Gasteiger partial charge in [0.1, 0.15) is 11.6 Å². The number of nitrogens with one attached hydrogen (secondary N) is 1. The fraction of sp³-hybridized carbons (Fsp3) is 0.188. The monoisotopic (exact) mass is 336 g/mol. The molecule has 0 saturated carbocycles. The highest BCUT2D eigenvalue weighted by Gasteiger charge is 2.12. The van der Waals surface area contributed by atoms with Crippen molar-refractivity contribution in [3.05, 3.63) is 59.9 Å². The zero-order valence-corrected chi connectivity index (χ0v) is 13.4. The van der Waals surface area contributed by atoms with Gasteiger partial charge in [-0.25, -0.2) is 9.22 Å². The van der Waals surface area contributed by atoms with Gasteiger partial charge in [0.05, 0.1) is 17.7 Å². The van der Waals surface area contributed by atoms with E-state index in [1.165, 1.54) is 18.3 Å². The van der Waals surface area contributed by atoms with E-state index in [4.69, 9.17) is 4.74 Å². The summed E-state index contributed by atoms with van der Waals surface area (Å²) in [5, 5.41) is 3.72. The minimum absolute atomic E-state index is 0.0592. The van der Waals surface area contributed by atoms with E-state index in [9.17, 15) is 12.8 Å². The molecule has 0 heterocycles. The zero-order chi connectivity index (χ0) is 16.7. The Kier molecular flexibility index (Phi) is 5.70. The fourth-order valence-corrected chi connectivity index (χ4v) is 2.53. The number of hydrogen-bond acceptors (Lipinski definition) is 4. The van der Waals surface area contributed by atoms with Gasteiger partial charge in [-0.3, -0.25) is 0 Å². The number of rotatable bonds is 7. The van der Waals surface area contributed by atoms with Gasteiger partial charge in [-0.1, -0.05) is 19.1 Å². The lowest BCUT2D eigenvalue weighted by atomic mass is 10.2. The van der Waals surface area contributed by atoms with Crippen molar-refractivity contribution in [1.29, 1.82) is 0 Å². The molecule has 0 unspecified atom stereocenters. The van der Waals surface area contributed by atoms with Crippen molar-refractivity contribution in [2.75, 3.05) is 6.61 Å². The molecule has 2 aromatic rings. The third kappa shape index (κ3) is 5.07. The van der Waals surface area contributed by atoms with E-state index in [2.05, 4.69) is 9.93 Å². The van der Waals surface area contributed by atoms with Crippen molar-refractivity contribution in [3.8, 4) is 5.75 Å². The van der Waals surface area contributed by atoms with E-state index in [-0.39, 0.29) is 4.90 Å². The van der Waals surface area contributed by atoms with Crippen LogP contribution in [0.1, 0.15) is 18.9 Å². The molecule has 0 saturated heterocycles. The van der Waals surface area contributed by atoms with Gasteiger partial charge in [0.15, 0.2) is 0 Å². The summed E-state index contributed by atoms with van der Waals surface area (Å²) in [6.07, 6.45) is 2.27. The van der Waals surface area contributed by atoms with E-state index in [1.807, 2.05) is 13.0 Å². The van der Waals surface area contributed by atoms with Gasteiger partial charge in [-0.05, 0) is 48.4 Å². The van der Waals surface area contributed by atoms with Gasteiger partial charge in [0, 0.05) is 0 Å². The Labute approximate surface area is 134 Å². The molecule has 0 aliphatic carbocycles. The number of ether oxygens (including phenoxy) is 1. The minimum atomic E-state index is -3.82. The summed E-state index contributed by atoms with van der Waals surface area (Å²) in [5.74, 6) is 0.188. The molecule has 0 atom stereocenters. The maximum absolute atomic E-state index is 12.8. The number of nitrogens with zero attached hydrogens (tertiary/aromatic N) is 1. The van der Waals surface area contributed by atoms with Crippen molar-refractivity contribution in [2.24, 2.45) is 5.10 Å². The topological polar surface area (TPSA) is 67.8 Å². The fourth-order valence-electron chi connectivity index (χ4n) is 1.74. The second kappa shape index (κ2) is 7.73. The molecular formula is C16H17FN2O3S. The molecule has 1 N–H and O–H groups in total. The highest BCUT2D eigenvalue weighted by atomic mass is 32.2. The molecule has 0 spiro atoms. The first kappa shape index (κ1) is 17.0. The summed E-state index contributed by atoms with van der Waals surface area (Å²) < 4.78 is 42.2. The molecular weight excluding hydrogens is 319 g/mol. The highest BCUT2D eigenvalue weighted by molar-refractivity contribution is 7.89. The van der Waals surface area contributed by atoms with Crippen molar-refractivity contribution in [3.63, 3.8) is 0 Å². The lowest BCUT2D eigenvalue weighted by Gasteiger charge is -2.05.